The van der Waals surface area contributed by atoms with E-state index in [1.807, 2.05) is 0 Å². The third kappa shape index (κ3) is 3.38. The summed E-state index contributed by atoms with van der Waals surface area (Å²) in [6.45, 7) is 0. The van der Waals surface area contributed by atoms with E-state index >= 15 is 0 Å². The highest BCUT2D eigenvalue weighted by atomic mass is 79.9. The van der Waals surface area contributed by atoms with Gasteiger partial charge in [0.15, 0.2) is 0 Å². The Morgan fingerprint density at radius 3 is 2.48 bits per heavy atom. The molecule has 0 heterocycles. The van der Waals surface area contributed by atoms with Crippen LogP contribution >= 0.6 is 15.9 Å². The van der Waals surface area contributed by atoms with Crippen molar-refractivity contribution in [3.05, 3.63) is 57.8 Å². The number of nitrogen functional groups attached to an aromatic ring is 1. The first kappa shape index (κ1) is 15.0. The number of nitrogens with two attached hydrogens (primary N) is 2. The highest BCUT2D eigenvalue weighted by Gasteiger charge is 2.14. The number of anilines is 2. The third-order valence-electron chi connectivity index (χ3n) is 2.76. The molecule has 0 aliphatic rings. The Kier molecular flexibility index (Phi) is 4.23. The number of halogens is 2. The molecule has 2 amide bonds. The maximum atomic E-state index is 13.7. The van der Waals surface area contributed by atoms with Crippen molar-refractivity contribution >= 4 is 39.1 Å². The van der Waals surface area contributed by atoms with Gasteiger partial charge < -0.3 is 16.8 Å². The van der Waals surface area contributed by atoms with Crippen molar-refractivity contribution in [1.82, 2.24) is 0 Å². The Labute approximate surface area is 128 Å². The Morgan fingerprint density at radius 1 is 1.14 bits per heavy atom. The molecule has 2 rings (SSSR count). The maximum absolute atomic E-state index is 13.7. The largest absolute Gasteiger partial charge is 0.398 e. The lowest BCUT2D eigenvalue weighted by atomic mass is 10.1. The quantitative estimate of drug-likeness (QED) is 0.741. The summed E-state index contributed by atoms with van der Waals surface area (Å²) in [6.07, 6.45) is 0. The van der Waals surface area contributed by atoms with Gasteiger partial charge in [0, 0.05) is 15.7 Å². The van der Waals surface area contributed by atoms with E-state index in [-0.39, 0.29) is 22.5 Å². The van der Waals surface area contributed by atoms with Gasteiger partial charge in [0.05, 0.1) is 11.3 Å². The monoisotopic (exact) mass is 351 g/mol. The normalized spacial score (nSPS) is 10.2. The summed E-state index contributed by atoms with van der Waals surface area (Å²) in [5, 5.41) is 2.37. The van der Waals surface area contributed by atoms with Crippen molar-refractivity contribution in [2.45, 2.75) is 0 Å². The Morgan fingerprint density at radius 2 is 1.86 bits per heavy atom. The molecule has 0 radical (unpaired) electrons. The molecule has 21 heavy (non-hydrogen) atoms. The number of hydrogen-bond donors (Lipinski definition) is 3. The SMILES string of the molecule is NC(=O)c1ccc(F)c(NC(=O)c2ccc(Br)cc2N)c1. The summed E-state index contributed by atoms with van der Waals surface area (Å²) in [4.78, 5) is 23.2. The van der Waals surface area contributed by atoms with Crippen molar-refractivity contribution in [2.24, 2.45) is 5.73 Å². The van der Waals surface area contributed by atoms with E-state index in [1.165, 1.54) is 18.2 Å². The third-order valence-corrected chi connectivity index (χ3v) is 3.25. The first-order valence-corrected chi connectivity index (χ1v) is 6.63. The molecule has 0 atom stereocenters. The summed E-state index contributed by atoms with van der Waals surface area (Å²) in [6, 6.07) is 8.17. The second-order valence-corrected chi connectivity index (χ2v) is 5.16. The van der Waals surface area contributed by atoms with Crippen LogP contribution in [0.5, 0.6) is 0 Å². The zero-order chi connectivity index (χ0) is 15.6. The zero-order valence-corrected chi connectivity index (χ0v) is 12.3. The van der Waals surface area contributed by atoms with Crippen molar-refractivity contribution in [3.63, 3.8) is 0 Å². The lowest BCUT2D eigenvalue weighted by Crippen LogP contribution is -2.16. The Hall–Kier alpha value is -2.41. The van der Waals surface area contributed by atoms with Crippen LogP contribution in [0.25, 0.3) is 0 Å². The van der Waals surface area contributed by atoms with E-state index in [0.717, 1.165) is 10.5 Å². The number of rotatable bonds is 3. The van der Waals surface area contributed by atoms with Crippen LogP contribution in [0.1, 0.15) is 20.7 Å². The summed E-state index contributed by atoms with van der Waals surface area (Å²) in [5.74, 6) is -1.97. The van der Waals surface area contributed by atoms with Crippen LogP contribution in [0.2, 0.25) is 0 Å². The fourth-order valence-corrected chi connectivity index (χ4v) is 2.08. The Balaban J connectivity index is 2.31. The fourth-order valence-electron chi connectivity index (χ4n) is 1.70. The molecule has 0 spiro atoms. The predicted octanol–water partition coefficient (Wildman–Crippen LogP) is 2.52. The molecule has 0 saturated carbocycles. The van der Waals surface area contributed by atoms with Gasteiger partial charge in [0.2, 0.25) is 5.91 Å². The maximum Gasteiger partial charge on any atom is 0.257 e. The highest BCUT2D eigenvalue weighted by Crippen LogP contribution is 2.21. The molecule has 0 aliphatic heterocycles. The molecule has 0 bridgehead atoms. The minimum absolute atomic E-state index is 0.0930. The number of hydrogen-bond acceptors (Lipinski definition) is 3. The van der Waals surface area contributed by atoms with Crippen molar-refractivity contribution < 1.29 is 14.0 Å². The van der Waals surface area contributed by atoms with Gasteiger partial charge in [0.25, 0.3) is 5.91 Å². The molecule has 0 aliphatic carbocycles. The summed E-state index contributed by atoms with van der Waals surface area (Å²) < 4.78 is 14.4. The van der Waals surface area contributed by atoms with Crippen LogP contribution in [0.4, 0.5) is 15.8 Å². The molecular formula is C14H11BrFN3O2. The molecule has 0 aromatic heterocycles. The number of primary amides is 1. The molecule has 108 valence electrons. The van der Waals surface area contributed by atoms with Crippen LogP contribution in [-0.2, 0) is 0 Å². The molecule has 0 saturated heterocycles. The standard InChI is InChI=1S/C14H11BrFN3O2/c15-8-2-3-9(11(17)6-8)14(21)19-12-5-7(13(18)20)1-4-10(12)16/h1-6H,17H2,(H2,18,20)(H,19,21). The van der Waals surface area contributed by atoms with Crippen molar-refractivity contribution in [3.8, 4) is 0 Å². The van der Waals surface area contributed by atoms with Crippen LogP contribution in [0.15, 0.2) is 40.9 Å². The number of carbonyl (C=O) groups is 2. The van der Waals surface area contributed by atoms with Crippen molar-refractivity contribution in [1.29, 1.82) is 0 Å². The summed E-state index contributed by atoms with van der Waals surface area (Å²) >= 11 is 3.23. The first-order chi connectivity index (χ1) is 9.88. The second kappa shape index (κ2) is 5.92. The zero-order valence-electron chi connectivity index (χ0n) is 10.7. The first-order valence-electron chi connectivity index (χ1n) is 5.84. The van der Waals surface area contributed by atoms with E-state index in [2.05, 4.69) is 21.2 Å². The van der Waals surface area contributed by atoms with E-state index < -0.39 is 17.6 Å². The predicted molar refractivity (Wildman–Crippen MR) is 81.4 cm³/mol. The molecular weight excluding hydrogens is 341 g/mol. The van der Waals surface area contributed by atoms with Crippen LogP contribution < -0.4 is 16.8 Å². The molecule has 2 aromatic rings. The number of carbonyl (C=O) groups excluding carboxylic acids is 2. The second-order valence-electron chi connectivity index (χ2n) is 4.24. The molecule has 0 unspecified atom stereocenters. The molecule has 5 nitrogen and oxygen atoms in total. The van der Waals surface area contributed by atoms with Gasteiger partial charge in [-0.1, -0.05) is 15.9 Å². The van der Waals surface area contributed by atoms with Gasteiger partial charge in [-0.3, -0.25) is 9.59 Å². The lowest BCUT2D eigenvalue weighted by molar-refractivity contribution is 0.0996. The van der Waals surface area contributed by atoms with E-state index in [9.17, 15) is 14.0 Å². The highest BCUT2D eigenvalue weighted by molar-refractivity contribution is 9.10. The number of nitrogens with one attached hydrogen (secondary N) is 1. The van der Waals surface area contributed by atoms with Crippen LogP contribution in [-0.4, -0.2) is 11.8 Å². The molecule has 7 heteroatoms. The number of amides is 2. The van der Waals surface area contributed by atoms with E-state index in [4.69, 9.17) is 11.5 Å². The minimum Gasteiger partial charge on any atom is -0.398 e. The smallest absolute Gasteiger partial charge is 0.257 e. The minimum atomic E-state index is -0.714. The van der Waals surface area contributed by atoms with Crippen LogP contribution in [0, 0.1) is 5.82 Å². The van der Waals surface area contributed by atoms with E-state index in [1.54, 1.807) is 12.1 Å². The van der Waals surface area contributed by atoms with Gasteiger partial charge in [0.1, 0.15) is 5.82 Å². The summed E-state index contributed by atoms with van der Waals surface area (Å²) in [5.41, 5.74) is 11.2. The lowest BCUT2D eigenvalue weighted by Gasteiger charge is -2.09. The Bertz CT molecular complexity index is 734. The van der Waals surface area contributed by atoms with Gasteiger partial charge in [-0.05, 0) is 36.4 Å². The molecule has 2 aromatic carbocycles. The molecule has 5 N–H and O–H groups in total. The van der Waals surface area contributed by atoms with E-state index in [0.29, 0.717) is 0 Å². The van der Waals surface area contributed by atoms with Gasteiger partial charge in [-0.15, -0.1) is 0 Å². The molecule has 0 fully saturated rings. The van der Waals surface area contributed by atoms with Gasteiger partial charge in [-0.2, -0.15) is 0 Å². The fraction of sp³-hybridized carbons (Fsp3) is 0. The average molecular weight is 352 g/mol. The van der Waals surface area contributed by atoms with Gasteiger partial charge >= 0.3 is 0 Å². The topological polar surface area (TPSA) is 98.2 Å². The average Bonchev–Trinajstić information content (AvgIpc) is 2.40. The van der Waals surface area contributed by atoms with Crippen LogP contribution in [0.3, 0.4) is 0 Å². The summed E-state index contributed by atoms with van der Waals surface area (Å²) in [7, 11) is 0. The van der Waals surface area contributed by atoms with Gasteiger partial charge in [-0.25, -0.2) is 4.39 Å². The van der Waals surface area contributed by atoms with Crippen molar-refractivity contribution in [2.75, 3.05) is 11.1 Å². The number of benzene rings is 2.